The van der Waals surface area contributed by atoms with Crippen molar-refractivity contribution in [1.82, 2.24) is 40.4 Å². The average molecular weight is 905 g/mol. The summed E-state index contributed by atoms with van der Waals surface area (Å²) >= 11 is 0. The number of alkyl carbamates (subject to hydrolysis) is 1. The number of carbonyl (C=O) groups excluding carboxylic acids is 3. The maximum absolute atomic E-state index is 15.1. The number of alkyl halides is 4. The SMILES string of the molecule is COC(=O)N[C@H](C(=O)N1CC(F)(F)C[C@H]1c1ncc(-c2ccc(-c3ccc(-c4cnc([C@@H]5CC(F)(F)CN5C(=O)[C@@H](NC5OC5OC)C(C)C)[nH]4)cc3)c3c2C2CCC3CC2)[nH]1)C(C)C. The van der Waals surface area contributed by atoms with Crippen LogP contribution in [0.25, 0.3) is 33.6 Å². The minimum Gasteiger partial charge on any atom is -0.453 e. The number of aromatic nitrogens is 4. The summed E-state index contributed by atoms with van der Waals surface area (Å²) in [5, 5.41) is 5.63. The number of benzene rings is 2. The molecule has 348 valence electrons. The standard InChI is InChI=1S/C47H56F4N8O6/c1-23(2)37(56-41-44(63-5)65-41)42(60)58-21-46(48,49)17-33(58)39-52-19-31(54-39)26-9-7-25(8-10-26)29-15-16-30(36-28-13-11-27(12-14-28)35(29)36)32-20-53-40(55-32)34-18-47(50,51)22-59(34)43(61)38(24(3)4)57-45(62)64-6/h7-10,15-16,19-20,23-24,27-28,33-34,37-38,41,44,56H,11-14,17-18,21-22H2,1-6H3,(H,52,54)(H,53,55)(H,57,62)/t27?,28?,33-,34-,37-,38-,41?,44?/m0/s1. The summed E-state index contributed by atoms with van der Waals surface area (Å²) in [7, 11) is 2.68. The first-order chi connectivity index (χ1) is 31.0. The third kappa shape index (κ3) is 8.64. The molecule has 2 aromatic heterocycles. The van der Waals surface area contributed by atoms with E-state index in [0.717, 1.165) is 52.8 Å². The van der Waals surface area contributed by atoms with E-state index >= 15 is 17.6 Å². The molecule has 5 heterocycles. The van der Waals surface area contributed by atoms with Gasteiger partial charge in [-0.05, 0) is 77.2 Å². The maximum atomic E-state index is 15.1. The molecule has 2 unspecified atom stereocenters. The third-order valence-electron chi connectivity index (χ3n) is 13.9. The van der Waals surface area contributed by atoms with Gasteiger partial charge in [-0.25, -0.2) is 32.3 Å². The molecule has 10 rings (SSSR count). The fourth-order valence-corrected chi connectivity index (χ4v) is 10.6. The summed E-state index contributed by atoms with van der Waals surface area (Å²) in [6.45, 7) is 5.64. The quantitative estimate of drug-likeness (QED) is 0.0767. The Morgan fingerprint density at radius 1 is 0.723 bits per heavy atom. The van der Waals surface area contributed by atoms with Gasteiger partial charge < -0.3 is 39.3 Å². The maximum Gasteiger partial charge on any atom is 0.407 e. The molecule has 1 saturated carbocycles. The fraction of sp³-hybridized carbons (Fsp3) is 0.553. The molecule has 14 nitrogen and oxygen atoms in total. The molecule has 18 heteroatoms. The number of epoxide rings is 1. The Labute approximate surface area is 374 Å². The van der Waals surface area contributed by atoms with E-state index in [9.17, 15) is 14.4 Å². The monoisotopic (exact) mass is 904 g/mol. The number of halogens is 4. The average Bonchev–Trinajstić information content (AvgIpc) is 3.69. The normalized spacial score (nSPS) is 26.1. The highest BCUT2D eigenvalue weighted by Crippen LogP contribution is 2.55. The van der Waals surface area contributed by atoms with Crippen molar-refractivity contribution >= 4 is 17.9 Å². The topological polar surface area (TPSA) is 170 Å². The number of methoxy groups -OCH3 is 2. The van der Waals surface area contributed by atoms with Crippen molar-refractivity contribution < 1.29 is 46.2 Å². The van der Waals surface area contributed by atoms with Gasteiger partial charge in [0.2, 0.25) is 11.8 Å². The lowest BCUT2D eigenvalue weighted by Crippen LogP contribution is -2.51. The van der Waals surface area contributed by atoms with Gasteiger partial charge in [0.15, 0.2) is 12.5 Å². The number of hydrogen-bond donors (Lipinski definition) is 4. The van der Waals surface area contributed by atoms with E-state index in [4.69, 9.17) is 14.2 Å². The van der Waals surface area contributed by atoms with E-state index in [-0.39, 0.29) is 23.5 Å². The summed E-state index contributed by atoms with van der Waals surface area (Å²) in [6.07, 6.45) is 4.48. The Balaban J connectivity index is 0.966. The van der Waals surface area contributed by atoms with E-state index in [1.165, 1.54) is 30.2 Å². The van der Waals surface area contributed by atoms with Crippen molar-refractivity contribution in [3.63, 3.8) is 0 Å². The van der Waals surface area contributed by atoms with Crippen molar-refractivity contribution in [2.45, 2.75) is 127 Å². The van der Waals surface area contributed by atoms with Crippen molar-refractivity contribution in [2.24, 2.45) is 11.8 Å². The zero-order valence-corrected chi connectivity index (χ0v) is 37.3. The van der Waals surface area contributed by atoms with Crippen LogP contribution in [0, 0.1) is 11.8 Å². The number of hydrogen-bond acceptors (Lipinski definition) is 9. The first-order valence-electron chi connectivity index (χ1n) is 22.5. The highest BCUT2D eigenvalue weighted by atomic mass is 19.3. The fourth-order valence-electron chi connectivity index (χ4n) is 10.6. The molecule has 4 aromatic rings. The molecule has 3 aliphatic carbocycles. The van der Waals surface area contributed by atoms with Crippen LogP contribution in [-0.4, -0.2) is 111 Å². The van der Waals surface area contributed by atoms with Gasteiger partial charge >= 0.3 is 6.09 Å². The number of H-pyrrole nitrogens is 2. The predicted octanol–water partition coefficient (Wildman–Crippen LogP) is 8.03. The number of nitrogens with zero attached hydrogens (tertiary/aromatic N) is 4. The van der Waals surface area contributed by atoms with Crippen LogP contribution >= 0.6 is 0 Å². The molecule has 4 N–H and O–H groups in total. The minimum absolute atomic E-state index is 0.201. The number of likely N-dealkylation sites (tertiary alicyclic amines) is 2. The van der Waals surface area contributed by atoms with Crippen LogP contribution in [-0.2, 0) is 23.8 Å². The van der Waals surface area contributed by atoms with Crippen LogP contribution in [0.2, 0.25) is 0 Å². The molecule has 4 fully saturated rings. The van der Waals surface area contributed by atoms with Crippen molar-refractivity contribution in [1.29, 1.82) is 0 Å². The molecule has 3 aliphatic heterocycles. The van der Waals surface area contributed by atoms with Gasteiger partial charge in [0.1, 0.15) is 17.7 Å². The lowest BCUT2D eigenvalue weighted by atomic mass is 9.64. The lowest BCUT2D eigenvalue weighted by molar-refractivity contribution is -0.137. The van der Waals surface area contributed by atoms with Crippen molar-refractivity contribution in [3.05, 3.63) is 71.6 Å². The Morgan fingerprint density at radius 3 is 1.74 bits per heavy atom. The zero-order chi connectivity index (χ0) is 46.1. The molecule has 3 saturated heterocycles. The molecule has 2 aromatic carbocycles. The summed E-state index contributed by atoms with van der Waals surface area (Å²) < 4.78 is 75.6. The Hall–Kier alpha value is -5.33. The Kier molecular flexibility index (Phi) is 11.8. The van der Waals surface area contributed by atoms with Crippen molar-refractivity contribution in [2.75, 3.05) is 27.3 Å². The number of ether oxygens (including phenoxy) is 3. The molecule has 0 radical (unpaired) electrons. The van der Waals surface area contributed by atoms with E-state index in [2.05, 4.69) is 42.7 Å². The second-order valence-electron chi connectivity index (χ2n) is 19.0. The van der Waals surface area contributed by atoms with Crippen LogP contribution in [0.4, 0.5) is 22.4 Å². The van der Waals surface area contributed by atoms with E-state index in [0.29, 0.717) is 23.2 Å². The van der Waals surface area contributed by atoms with Gasteiger partial charge in [0.25, 0.3) is 11.8 Å². The number of imidazole rings is 2. The molecule has 3 amide bonds. The summed E-state index contributed by atoms with van der Waals surface area (Å²) in [5.74, 6) is -6.74. The number of aromatic amines is 2. The first kappa shape index (κ1) is 44.9. The summed E-state index contributed by atoms with van der Waals surface area (Å²) in [5.41, 5.74) is 7.67. The molecule has 6 atom stereocenters. The number of nitrogens with one attached hydrogen (secondary N) is 4. The second-order valence-corrected chi connectivity index (χ2v) is 19.0. The number of rotatable bonds is 13. The van der Waals surface area contributed by atoms with E-state index in [1.54, 1.807) is 26.2 Å². The van der Waals surface area contributed by atoms with Crippen molar-refractivity contribution in [3.8, 4) is 33.6 Å². The Morgan fingerprint density at radius 2 is 1.22 bits per heavy atom. The Bertz CT molecular complexity index is 2430. The summed E-state index contributed by atoms with van der Waals surface area (Å²) in [4.78, 5) is 57.7. The molecule has 0 spiro atoms. The van der Waals surface area contributed by atoms with Gasteiger partial charge in [-0.15, -0.1) is 0 Å². The van der Waals surface area contributed by atoms with Crippen LogP contribution in [0.5, 0.6) is 0 Å². The molecular formula is C47H56F4N8O6. The third-order valence-corrected chi connectivity index (χ3v) is 13.9. The summed E-state index contributed by atoms with van der Waals surface area (Å²) in [6, 6.07) is 8.36. The van der Waals surface area contributed by atoms with E-state index in [1.807, 2.05) is 38.1 Å². The largest absolute Gasteiger partial charge is 0.453 e. The highest BCUT2D eigenvalue weighted by molar-refractivity contribution is 5.87. The van der Waals surface area contributed by atoms with Crippen LogP contribution < -0.4 is 10.6 Å². The molecule has 6 aliphatic rings. The van der Waals surface area contributed by atoms with Gasteiger partial charge in [-0.1, -0.05) is 64.1 Å². The van der Waals surface area contributed by atoms with Gasteiger partial charge in [-0.3, -0.25) is 14.9 Å². The van der Waals surface area contributed by atoms with Crippen LogP contribution in [0.3, 0.4) is 0 Å². The lowest BCUT2D eigenvalue weighted by Gasteiger charge is -2.41. The van der Waals surface area contributed by atoms with E-state index < -0.39 is 92.4 Å². The van der Waals surface area contributed by atoms with Gasteiger partial charge in [0.05, 0.1) is 62.1 Å². The van der Waals surface area contributed by atoms with Gasteiger partial charge in [0, 0.05) is 25.5 Å². The molecule has 2 bridgehead atoms. The molecular weight excluding hydrogens is 849 g/mol. The molecule has 65 heavy (non-hydrogen) atoms. The number of amides is 3. The van der Waals surface area contributed by atoms with Crippen LogP contribution in [0.15, 0.2) is 48.8 Å². The second kappa shape index (κ2) is 17.1. The smallest absolute Gasteiger partial charge is 0.407 e. The highest BCUT2D eigenvalue weighted by Gasteiger charge is 2.53. The predicted molar refractivity (Wildman–Crippen MR) is 231 cm³/mol. The minimum atomic E-state index is -3.15. The zero-order valence-electron chi connectivity index (χ0n) is 37.3. The van der Waals surface area contributed by atoms with Gasteiger partial charge in [-0.2, -0.15) is 0 Å². The first-order valence-corrected chi connectivity index (χ1v) is 22.5. The number of carbonyl (C=O) groups is 3. The number of fused-ring (bicyclic) bond motifs is 2. The van der Waals surface area contributed by atoms with Crippen LogP contribution in [0.1, 0.15) is 113 Å².